The summed E-state index contributed by atoms with van der Waals surface area (Å²) in [5.41, 5.74) is 2.09. The molecule has 0 aliphatic heterocycles. The Kier molecular flexibility index (Phi) is 3.40. The average Bonchev–Trinajstić information content (AvgIpc) is 2.93. The molecule has 0 bridgehead atoms. The summed E-state index contributed by atoms with van der Waals surface area (Å²) < 4.78 is 23.9. The predicted octanol–water partition coefficient (Wildman–Crippen LogP) is 3.88. The number of benzene rings is 1. The van der Waals surface area contributed by atoms with Gasteiger partial charge in [0.2, 0.25) is 0 Å². The van der Waals surface area contributed by atoms with Crippen LogP contribution in [0.1, 0.15) is 10.6 Å². The van der Waals surface area contributed by atoms with Crippen LogP contribution in [0.15, 0.2) is 29.6 Å². The van der Waals surface area contributed by atoms with E-state index < -0.39 is 9.84 Å². The van der Waals surface area contributed by atoms with Crippen LogP contribution in [0.5, 0.6) is 0 Å². The van der Waals surface area contributed by atoms with Crippen molar-refractivity contribution in [3.8, 4) is 10.6 Å². The van der Waals surface area contributed by atoms with E-state index in [1.165, 1.54) is 33.2 Å². The Balaban J connectivity index is 2.05. The van der Waals surface area contributed by atoms with E-state index in [2.05, 4.69) is 24.0 Å². The summed E-state index contributed by atoms with van der Waals surface area (Å²) >= 11 is 3.11. The Labute approximate surface area is 125 Å². The van der Waals surface area contributed by atoms with Crippen molar-refractivity contribution < 1.29 is 8.42 Å². The molecule has 104 valence electrons. The lowest BCUT2D eigenvalue weighted by Crippen LogP contribution is -1.99. The highest BCUT2D eigenvalue weighted by Crippen LogP contribution is 2.38. The van der Waals surface area contributed by atoms with E-state index in [0.717, 1.165) is 10.6 Å². The molecule has 0 unspecified atom stereocenters. The van der Waals surface area contributed by atoms with Crippen molar-refractivity contribution in [2.75, 3.05) is 6.26 Å². The minimum atomic E-state index is -3.03. The highest BCUT2D eigenvalue weighted by atomic mass is 32.2. The van der Waals surface area contributed by atoms with Gasteiger partial charge in [-0.25, -0.2) is 13.4 Å². The van der Waals surface area contributed by atoms with E-state index in [4.69, 9.17) is 0 Å². The molecule has 3 nitrogen and oxygen atoms in total. The molecule has 0 N–H and O–H groups in total. The molecule has 2 aromatic heterocycles. The molecule has 0 fully saturated rings. The lowest BCUT2D eigenvalue weighted by molar-refractivity contribution is 0.601. The maximum Gasteiger partial charge on any atom is 0.153 e. The molecule has 0 atom stereocenters. The van der Waals surface area contributed by atoms with Crippen LogP contribution < -0.4 is 0 Å². The van der Waals surface area contributed by atoms with Gasteiger partial charge in [-0.2, -0.15) is 0 Å². The minimum absolute atomic E-state index is 0.0155. The summed E-state index contributed by atoms with van der Waals surface area (Å²) in [7, 11) is -3.03. The standard InChI is InChI=1S/C14H13NO2S3/c1-9-10-5-3-4-6-12(10)19-14(9)11-7-18-13(15-11)8-20(2,16)17/h3-7H,8H2,1-2H3. The van der Waals surface area contributed by atoms with Crippen LogP contribution in [-0.2, 0) is 15.6 Å². The Hall–Kier alpha value is -1.24. The second kappa shape index (κ2) is 4.95. The van der Waals surface area contributed by atoms with Gasteiger partial charge in [0, 0.05) is 16.3 Å². The number of sulfone groups is 1. The van der Waals surface area contributed by atoms with E-state index in [-0.39, 0.29) is 5.75 Å². The highest BCUT2D eigenvalue weighted by Gasteiger charge is 2.14. The number of thiophene rings is 1. The number of nitrogens with zero attached hydrogens (tertiary/aromatic N) is 1. The van der Waals surface area contributed by atoms with Crippen LogP contribution in [0.2, 0.25) is 0 Å². The van der Waals surface area contributed by atoms with Gasteiger partial charge in [0.05, 0.1) is 10.6 Å². The molecule has 20 heavy (non-hydrogen) atoms. The third kappa shape index (κ3) is 2.63. The molecule has 0 saturated heterocycles. The summed E-state index contributed by atoms with van der Waals surface area (Å²) in [6.45, 7) is 2.09. The van der Waals surface area contributed by atoms with Crippen LogP contribution in [0.3, 0.4) is 0 Å². The molecule has 3 rings (SSSR count). The second-order valence-electron chi connectivity index (χ2n) is 4.75. The van der Waals surface area contributed by atoms with Gasteiger partial charge in [0.1, 0.15) is 10.8 Å². The quantitative estimate of drug-likeness (QED) is 0.735. The topological polar surface area (TPSA) is 47.0 Å². The molecule has 0 amide bonds. The summed E-state index contributed by atoms with van der Waals surface area (Å²) in [6, 6.07) is 8.26. The maximum absolute atomic E-state index is 11.3. The van der Waals surface area contributed by atoms with E-state index in [1.54, 1.807) is 11.3 Å². The van der Waals surface area contributed by atoms with Crippen LogP contribution in [0.25, 0.3) is 20.7 Å². The average molecular weight is 323 g/mol. The Bertz CT molecular complexity index is 875. The van der Waals surface area contributed by atoms with Gasteiger partial charge in [0.25, 0.3) is 0 Å². The fourth-order valence-corrected chi connectivity index (χ4v) is 5.37. The van der Waals surface area contributed by atoms with Gasteiger partial charge < -0.3 is 0 Å². The first kappa shape index (κ1) is 13.7. The van der Waals surface area contributed by atoms with Crippen LogP contribution >= 0.6 is 22.7 Å². The van der Waals surface area contributed by atoms with Crippen molar-refractivity contribution in [2.24, 2.45) is 0 Å². The normalized spacial score (nSPS) is 12.1. The van der Waals surface area contributed by atoms with Crippen molar-refractivity contribution in [2.45, 2.75) is 12.7 Å². The van der Waals surface area contributed by atoms with Gasteiger partial charge in [0.15, 0.2) is 9.84 Å². The maximum atomic E-state index is 11.3. The molecule has 0 spiro atoms. The molecular weight excluding hydrogens is 310 g/mol. The molecule has 0 aliphatic carbocycles. The Morgan fingerprint density at radius 2 is 2.00 bits per heavy atom. The molecule has 0 saturated carbocycles. The van der Waals surface area contributed by atoms with Gasteiger partial charge >= 0.3 is 0 Å². The first-order valence-corrected chi connectivity index (χ1v) is 9.80. The fraction of sp³-hybridized carbons (Fsp3) is 0.214. The van der Waals surface area contributed by atoms with Crippen molar-refractivity contribution in [3.63, 3.8) is 0 Å². The summed E-state index contributed by atoms with van der Waals surface area (Å²) in [4.78, 5) is 5.60. The molecule has 6 heteroatoms. The molecule has 3 aromatic rings. The van der Waals surface area contributed by atoms with Crippen LogP contribution in [0, 0.1) is 6.92 Å². The van der Waals surface area contributed by atoms with Gasteiger partial charge in [-0.05, 0) is 23.9 Å². The fourth-order valence-electron chi connectivity index (χ4n) is 2.12. The first-order chi connectivity index (χ1) is 9.44. The van der Waals surface area contributed by atoms with E-state index in [1.807, 2.05) is 17.5 Å². The zero-order valence-electron chi connectivity index (χ0n) is 11.1. The third-order valence-electron chi connectivity index (χ3n) is 3.01. The minimum Gasteiger partial charge on any atom is -0.239 e. The number of rotatable bonds is 3. The number of hydrogen-bond acceptors (Lipinski definition) is 5. The monoisotopic (exact) mass is 323 g/mol. The Morgan fingerprint density at radius 3 is 2.70 bits per heavy atom. The Morgan fingerprint density at radius 1 is 1.25 bits per heavy atom. The lowest BCUT2D eigenvalue weighted by atomic mass is 10.1. The molecule has 1 aromatic carbocycles. The zero-order valence-corrected chi connectivity index (χ0v) is 13.5. The lowest BCUT2D eigenvalue weighted by Gasteiger charge is -1.94. The SMILES string of the molecule is Cc1c(-c2csc(CS(C)(=O)=O)n2)sc2ccccc12. The predicted molar refractivity (Wildman–Crippen MR) is 86.2 cm³/mol. The van der Waals surface area contributed by atoms with E-state index in [9.17, 15) is 8.42 Å². The summed E-state index contributed by atoms with van der Waals surface area (Å²) in [5, 5.41) is 3.84. The molecule has 2 heterocycles. The van der Waals surface area contributed by atoms with Crippen molar-refractivity contribution in [1.82, 2.24) is 4.98 Å². The summed E-state index contributed by atoms with van der Waals surface area (Å²) in [6.07, 6.45) is 1.23. The van der Waals surface area contributed by atoms with Gasteiger partial charge in [-0.15, -0.1) is 22.7 Å². The van der Waals surface area contributed by atoms with E-state index in [0.29, 0.717) is 5.01 Å². The zero-order chi connectivity index (χ0) is 14.3. The van der Waals surface area contributed by atoms with Crippen LogP contribution in [0.4, 0.5) is 0 Å². The third-order valence-corrected chi connectivity index (χ3v) is 6.14. The number of aryl methyl sites for hydroxylation is 1. The van der Waals surface area contributed by atoms with Gasteiger partial charge in [-0.3, -0.25) is 0 Å². The van der Waals surface area contributed by atoms with Crippen molar-refractivity contribution in [3.05, 3.63) is 40.2 Å². The first-order valence-electron chi connectivity index (χ1n) is 6.05. The number of hydrogen-bond donors (Lipinski definition) is 0. The molecule has 0 radical (unpaired) electrons. The highest BCUT2D eigenvalue weighted by molar-refractivity contribution is 7.90. The number of aromatic nitrogens is 1. The van der Waals surface area contributed by atoms with Crippen LogP contribution in [-0.4, -0.2) is 19.7 Å². The number of thiazole rings is 1. The second-order valence-corrected chi connectivity index (χ2v) is 8.88. The number of fused-ring (bicyclic) bond motifs is 1. The largest absolute Gasteiger partial charge is 0.239 e. The smallest absolute Gasteiger partial charge is 0.153 e. The van der Waals surface area contributed by atoms with Crippen molar-refractivity contribution in [1.29, 1.82) is 0 Å². The van der Waals surface area contributed by atoms with Gasteiger partial charge in [-0.1, -0.05) is 18.2 Å². The van der Waals surface area contributed by atoms with Crippen molar-refractivity contribution >= 4 is 42.6 Å². The summed E-state index contributed by atoms with van der Waals surface area (Å²) in [5.74, 6) is 0.0155. The van der Waals surface area contributed by atoms with E-state index >= 15 is 0 Å². The molecule has 0 aliphatic rings. The molecular formula is C14H13NO2S3.